The van der Waals surface area contributed by atoms with Gasteiger partial charge in [0.15, 0.2) is 0 Å². The molecule has 2 heterocycles. The Morgan fingerprint density at radius 2 is 2.27 bits per heavy atom. The lowest BCUT2D eigenvalue weighted by Gasteiger charge is -2.28. The van der Waals surface area contributed by atoms with Crippen LogP contribution in [0.5, 0.6) is 0 Å². The van der Waals surface area contributed by atoms with E-state index in [-0.39, 0.29) is 37.7 Å². The van der Waals surface area contributed by atoms with E-state index in [1.165, 1.54) is 0 Å². The first kappa shape index (κ1) is 15.4. The van der Waals surface area contributed by atoms with Gasteiger partial charge in [-0.05, 0) is 37.0 Å². The van der Waals surface area contributed by atoms with Gasteiger partial charge in [-0.2, -0.15) is 0 Å². The van der Waals surface area contributed by atoms with E-state index in [0.717, 1.165) is 0 Å². The van der Waals surface area contributed by atoms with Crippen LogP contribution in [0.4, 0.5) is 8.78 Å². The van der Waals surface area contributed by atoms with E-state index < -0.39 is 13.0 Å². The molecule has 1 fully saturated rings. The molecule has 0 unspecified atom stereocenters. The molecule has 1 amide bonds. The maximum Gasteiger partial charge on any atom is 0.253 e. The Hall–Kier alpha value is -1.66. The molecule has 142 valence electrons. The summed E-state index contributed by atoms with van der Waals surface area (Å²) in [5.74, 6) is -2.91. The van der Waals surface area contributed by atoms with Crippen LogP contribution in [0.3, 0.4) is 0 Å². The molecule has 0 aliphatic heterocycles. The minimum absolute atomic E-state index is 0.0232. The van der Waals surface area contributed by atoms with Crippen molar-refractivity contribution < 1.29 is 22.4 Å². The fourth-order valence-electron chi connectivity index (χ4n) is 3.44. The molecule has 2 aromatic rings. The second-order valence-electron chi connectivity index (χ2n) is 6.73. The van der Waals surface area contributed by atoms with Crippen molar-refractivity contribution in [2.24, 2.45) is 5.92 Å². The molecule has 1 aliphatic rings. The minimum Gasteiger partial charge on any atom is -0.384 e. The summed E-state index contributed by atoms with van der Waals surface area (Å²) in [6.45, 7) is 0.292. The number of hydrogen-bond donors (Lipinski definition) is 1. The largest absolute Gasteiger partial charge is 0.384 e. The van der Waals surface area contributed by atoms with E-state index in [1.807, 2.05) is 0 Å². The van der Waals surface area contributed by atoms with Crippen molar-refractivity contribution in [3.63, 3.8) is 0 Å². The summed E-state index contributed by atoms with van der Waals surface area (Å²) in [5.41, 5.74) is 1.57. The van der Waals surface area contributed by atoms with Crippen LogP contribution < -0.4 is 5.32 Å². The molecule has 0 bridgehead atoms. The smallest absolute Gasteiger partial charge is 0.253 e. The molecule has 1 N–H and O–H groups in total. The molecule has 0 saturated heterocycles. The summed E-state index contributed by atoms with van der Waals surface area (Å²) >= 11 is 6.30. The molecule has 1 aliphatic carbocycles. The maximum absolute atomic E-state index is 13.3. The highest BCUT2D eigenvalue weighted by Crippen LogP contribution is 2.35. The number of alkyl halides is 2. The van der Waals surface area contributed by atoms with Crippen molar-refractivity contribution in [2.45, 2.75) is 38.0 Å². The van der Waals surface area contributed by atoms with Gasteiger partial charge in [-0.1, -0.05) is 11.6 Å². The van der Waals surface area contributed by atoms with Crippen LogP contribution in [0.25, 0.3) is 5.52 Å². The third-order valence-corrected chi connectivity index (χ3v) is 5.22. The lowest BCUT2D eigenvalue weighted by atomic mass is 9.87. The van der Waals surface area contributed by atoms with E-state index in [2.05, 4.69) is 5.32 Å². The topological polar surface area (TPSA) is 42.7 Å². The molecular weight excluding hydrogens is 362 g/mol. The Kier molecular flexibility index (Phi) is 4.69. The molecule has 0 radical (unpaired) electrons. The van der Waals surface area contributed by atoms with Crippen LogP contribution in [-0.4, -0.2) is 36.4 Å². The van der Waals surface area contributed by atoms with Crippen molar-refractivity contribution in [3.8, 4) is 0 Å². The first-order valence-corrected chi connectivity index (χ1v) is 9.02. The Bertz CT molecular complexity index is 876. The monoisotopic (exact) mass is 387 g/mol. The molecule has 7 heteroatoms. The molecule has 26 heavy (non-hydrogen) atoms. The van der Waals surface area contributed by atoms with Crippen LogP contribution in [0, 0.1) is 5.92 Å². The number of aromatic nitrogens is 1. The second-order valence-corrected chi connectivity index (χ2v) is 7.14. The van der Waals surface area contributed by atoms with Crippen molar-refractivity contribution in [2.75, 3.05) is 20.2 Å². The van der Waals surface area contributed by atoms with Crippen LogP contribution in [0.2, 0.25) is 5.02 Å². The third kappa shape index (κ3) is 4.18. The number of ether oxygens (including phenoxy) is 1. The standard InChI is InChI=1S/C19H23ClF2N2O2/c1-26-10-6-14-11-15(17-16(20)3-2-9-24(14)17)18(25)23-12-13-4-7-19(21,22)8-5-13/h2-3,9,11,13H,4-8,10,12H2,1H3,(H,23,25)/i1D3. The molecule has 2 aromatic heterocycles. The molecular formula is C19H23ClF2N2O2. The number of pyridine rings is 1. The zero-order valence-electron chi connectivity index (χ0n) is 17.2. The van der Waals surface area contributed by atoms with Gasteiger partial charge in [0.05, 0.1) is 26.8 Å². The van der Waals surface area contributed by atoms with Gasteiger partial charge in [-0.15, -0.1) is 0 Å². The van der Waals surface area contributed by atoms with E-state index >= 15 is 0 Å². The number of methoxy groups -OCH3 is 1. The summed E-state index contributed by atoms with van der Waals surface area (Å²) < 4.78 is 54.5. The zero-order valence-corrected chi connectivity index (χ0v) is 15.0. The fraction of sp³-hybridized carbons (Fsp3) is 0.526. The number of carbonyl (C=O) groups excluding carboxylic acids is 1. The van der Waals surface area contributed by atoms with Gasteiger partial charge in [-0.25, -0.2) is 8.78 Å². The average Bonchev–Trinajstić information content (AvgIpc) is 3.00. The number of hydrogen-bond acceptors (Lipinski definition) is 2. The third-order valence-electron chi connectivity index (χ3n) is 4.91. The second kappa shape index (κ2) is 7.92. The maximum atomic E-state index is 13.3. The van der Waals surface area contributed by atoms with Gasteiger partial charge in [0.25, 0.3) is 5.91 Å². The van der Waals surface area contributed by atoms with Crippen molar-refractivity contribution in [1.29, 1.82) is 0 Å². The van der Waals surface area contributed by atoms with Crippen LogP contribution in [0.1, 0.15) is 45.8 Å². The summed E-state index contributed by atoms with van der Waals surface area (Å²) in [5, 5.41) is 3.22. The van der Waals surface area contributed by atoms with E-state index in [9.17, 15) is 13.6 Å². The van der Waals surface area contributed by atoms with E-state index in [0.29, 0.717) is 41.2 Å². The fourth-order valence-corrected chi connectivity index (χ4v) is 3.71. The molecule has 3 rings (SSSR count). The Morgan fingerprint density at radius 3 is 3.00 bits per heavy atom. The van der Waals surface area contributed by atoms with Crippen molar-refractivity contribution in [3.05, 3.63) is 40.7 Å². The van der Waals surface area contributed by atoms with Crippen molar-refractivity contribution >= 4 is 23.0 Å². The number of fused-ring (bicyclic) bond motifs is 1. The first-order chi connectivity index (χ1) is 13.6. The van der Waals surface area contributed by atoms with Crippen LogP contribution in [-0.2, 0) is 11.2 Å². The molecule has 1 saturated carbocycles. The minimum atomic E-state index is -2.60. The highest BCUT2D eigenvalue weighted by molar-refractivity contribution is 6.34. The predicted molar refractivity (Wildman–Crippen MR) is 97.2 cm³/mol. The number of rotatable bonds is 6. The Morgan fingerprint density at radius 1 is 1.50 bits per heavy atom. The van der Waals surface area contributed by atoms with Gasteiger partial charge in [0, 0.05) is 44.7 Å². The number of nitrogens with zero attached hydrogens (tertiary/aromatic N) is 1. The number of halogens is 3. The highest BCUT2D eigenvalue weighted by atomic mass is 35.5. The van der Waals surface area contributed by atoms with E-state index in [4.69, 9.17) is 20.5 Å². The summed E-state index contributed by atoms with van der Waals surface area (Å²) in [6, 6.07) is 5.06. The quantitative estimate of drug-likeness (QED) is 0.801. The lowest BCUT2D eigenvalue weighted by molar-refractivity contribution is -0.0452. The number of nitrogens with one attached hydrogen (secondary N) is 1. The van der Waals surface area contributed by atoms with E-state index in [1.54, 1.807) is 28.8 Å². The molecule has 0 spiro atoms. The Balaban J connectivity index is 1.72. The van der Waals surface area contributed by atoms with Gasteiger partial charge in [0.2, 0.25) is 5.92 Å². The SMILES string of the molecule is [2H]C([2H])([2H])OCCc1cc(C(=O)NCC2CCC(F)(F)CC2)c2c(Cl)cccn12. The number of amides is 1. The number of carbonyl (C=O) groups is 1. The first-order valence-electron chi connectivity index (χ1n) is 10.1. The molecule has 0 atom stereocenters. The normalized spacial score (nSPS) is 19.7. The van der Waals surface area contributed by atoms with Gasteiger partial charge >= 0.3 is 0 Å². The van der Waals surface area contributed by atoms with Gasteiger partial charge in [-0.3, -0.25) is 4.79 Å². The average molecular weight is 388 g/mol. The predicted octanol–water partition coefficient (Wildman–Crippen LogP) is 4.34. The van der Waals surface area contributed by atoms with Gasteiger partial charge in [0.1, 0.15) is 0 Å². The summed E-state index contributed by atoms with van der Waals surface area (Å²) in [6.07, 6.45) is 2.48. The summed E-state index contributed by atoms with van der Waals surface area (Å²) in [7, 11) is -2.48. The molecule has 4 nitrogen and oxygen atoms in total. The lowest BCUT2D eigenvalue weighted by Crippen LogP contribution is -2.33. The molecule has 0 aromatic carbocycles. The van der Waals surface area contributed by atoms with Crippen molar-refractivity contribution in [1.82, 2.24) is 9.72 Å². The zero-order chi connectivity index (χ0) is 21.2. The highest BCUT2D eigenvalue weighted by Gasteiger charge is 2.34. The Labute approximate surface area is 160 Å². The summed E-state index contributed by atoms with van der Waals surface area (Å²) in [4.78, 5) is 12.8. The van der Waals surface area contributed by atoms with Crippen LogP contribution >= 0.6 is 11.6 Å². The van der Waals surface area contributed by atoms with Gasteiger partial charge < -0.3 is 14.5 Å². The van der Waals surface area contributed by atoms with Crippen LogP contribution in [0.15, 0.2) is 24.4 Å².